The highest BCUT2D eigenvalue weighted by Gasteiger charge is 2.04. The molecule has 0 radical (unpaired) electrons. The summed E-state index contributed by atoms with van der Waals surface area (Å²) in [6, 6.07) is 0. The average Bonchev–Trinajstić information content (AvgIpc) is 2.16. The number of hydrogen-bond donors (Lipinski definition) is 1. The molecule has 0 amide bonds. The number of unbranched alkanes of at least 4 members (excludes halogenated alkanes) is 2. The molecule has 0 unspecified atom stereocenters. The van der Waals surface area contributed by atoms with Crippen molar-refractivity contribution in [3.63, 3.8) is 0 Å². The largest absolute Gasteiger partial charge is 0.329 e. The SMILES string of the molecule is [3H]OP(OCCCC)OCCCC. The molecule has 3 nitrogen and oxygen atoms in total. The van der Waals surface area contributed by atoms with Crippen molar-refractivity contribution in [3.05, 3.63) is 0 Å². The quantitative estimate of drug-likeness (QED) is 0.455. The van der Waals surface area contributed by atoms with Crippen molar-refractivity contribution in [2.75, 3.05) is 13.2 Å². The predicted octanol–water partition coefficient (Wildman–Crippen LogP) is 2.84. The van der Waals surface area contributed by atoms with E-state index in [1.165, 1.54) is 0 Å². The van der Waals surface area contributed by atoms with Crippen LogP contribution in [-0.4, -0.2) is 19.5 Å². The minimum absolute atomic E-state index is 0.618. The third-order valence-corrected chi connectivity index (χ3v) is 2.18. The Kier molecular flexibility index (Phi) is 8.14. The van der Waals surface area contributed by atoms with Crippen LogP contribution < -0.4 is 0 Å². The monoisotopic (exact) mass is 196 g/mol. The maximum Gasteiger partial charge on any atom is 0.329 e. The van der Waals surface area contributed by atoms with E-state index in [0.29, 0.717) is 13.2 Å². The van der Waals surface area contributed by atoms with Crippen LogP contribution in [0.1, 0.15) is 39.5 Å². The minimum atomic E-state index is -1.41. The van der Waals surface area contributed by atoms with Crippen LogP contribution in [0.2, 0.25) is 0 Å². The van der Waals surface area contributed by atoms with Crippen LogP contribution in [0.3, 0.4) is 0 Å². The lowest BCUT2D eigenvalue weighted by Gasteiger charge is -2.09. The highest BCUT2D eigenvalue weighted by Crippen LogP contribution is 2.32. The van der Waals surface area contributed by atoms with Gasteiger partial charge in [0.15, 0.2) is 0 Å². The second-order valence-electron chi connectivity index (χ2n) is 2.60. The van der Waals surface area contributed by atoms with E-state index in [4.69, 9.17) is 10.5 Å². The van der Waals surface area contributed by atoms with Crippen molar-refractivity contribution in [1.82, 2.24) is 0 Å². The first-order chi connectivity index (χ1) is 6.35. The molecule has 0 rings (SSSR count). The van der Waals surface area contributed by atoms with Gasteiger partial charge in [-0.3, -0.25) is 0 Å². The Bertz CT molecular complexity index is 95.4. The number of rotatable bonds is 9. The van der Waals surface area contributed by atoms with Gasteiger partial charge in [-0.25, -0.2) is 0 Å². The first kappa shape index (κ1) is 10.4. The van der Waals surface area contributed by atoms with Crippen molar-refractivity contribution in [2.45, 2.75) is 39.5 Å². The van der Waals surface area contributed by atoms with Crippen LogP contribution in [0.25, 0.3) is 0 Å². The molecule has 0 saturated carbocycles. The van der Waals surface area contributed by atoms with Crippen molar-refractivity contribution < 1.29 is 13.9 Å². The summed E-state index contributed by atoms with van der Waals surface area (Å²) < 4.78 is 17.1. The molecular formula is C8H19O3P. The predicted molar refractivity (Wildman–Crippen MR) is 50.9 cm³/mol. The summed E-state index contributed by atoms with van der Waals surface area (Å²) in [6.45, 7) is 5.41. The summed E-state index contributed by atoms with van der Waals surface area (Å²) in [7, 11) is -1.41. The zero-order valence-electron chi connectivity index (χ0n) is 8.91. The van der Waals surface area contributed by atoms with Crippen molar-refractivity contribution in [3.8, 4) is 0 Å². The Morgan fingerprint density at radius 1 is 1.17 bits per heavy atom. The fourth-order valence-electron chi connectivity index (χ4n) is 0.604. The average molecular weight is 196 g/mol. The van der Waals surface area contributed by atoms with E-state index in [0.717, 1.165) is 25.7 Å². The molecular weight excluding hydrogens is 175 g/mol. The Morgan fingerprint density at radius 2 is 1.67 bits per heavy atom. The van der Waals surface area contributed by atoms with Crippen molar-refractivity contribution in [1.29, 1.82) is 1.43 Å². The highest BCUT2D eigenvalue weighted by atomic mass is 31.2. The molecule has 0 spiro atoms. The van der Waals surface area contributed by atoms with Crippen LogP contribution in [0.5, 0.6) is 0 Å². The maximum atomic E-state index is 6.71. The van der Waals surface area contributed by atoms with Gasteiger partial charge in [0.05, 0.1) is 13.2 Å². The first-order valence-electron chi connectivity index (χ1n) is 4.95. The van der Waals surface area contributed by atoms with Crippen molar-refractivity contribution >= 4 is 8.60 Å². The fraction of sp³-hybridized carbons (Fsp3) is 1.00. The van der Waals surface area contributed by atoms with Gasteiger partial charge in [-0.1, -0.05) is 26.7 Å². The molecule has 0 aromatic carbocycles. The molecule has 0 aromatic heterocycles. The van der Waals surface area contributed by atoms with Crippen LogP contribution in [0.15, 0.2) is 0 Å². The Morgan fingerprint density at radius 3 is 2.00 bits per heavy atom. The lowest BCUT2D eigenvalue weighted by atomic mass is 10.4. The van der Waals surface area contributed by atoms with Crippen LogP contribution in [0, 0.1) is 0 Å². The summed E-state index contributed by atoms with van der Waals surface area (Å²) in [5, 5.41) is 0. The molecule has 74 valence electrons. The van der Waals surface area contributed by atoms with Crippen LogP contribution in [0.4, 0.5) is 0 Å². The molecule has 0 atom stereocenters. The molecule has 1 N–H and O–H groups in total. The normalized spacial score (nSPS) is 12.1. The van der Waals surface area contributed by atoms with Crippen molar-refractivity contribution in [2.24, 2.45) is 0 Å². The topological polar surface area (TPSA) is 38.7 Å². The second-order valence-corrected chi connectivity index (χ2v) is 3.56. The lowest BCUT2D eigenvalue weighted by molar-refractivity contribution is 0.196. The summed E-state index contributed by atoms with van der Waals surface area (Å²) in [5.74, 6) is 0. The van der Waals surface area contributed by atoms with Crippen LogP contribution >= 0.6 is 8.60 Å². The van der Waals surface area contributed by atoms with E-state index in [1.54, 1.807) is 0 Å². The van der Waals surface area contributed by atoms with Gasteiger partial charge in [0, 0.05) is 0 Å². The molecule has 0 bridgehead atoms. The van der Waals surface area contributed by atoms with Gasteiger partial charge in [-0.05, 0) is 12.8 Å². The van der Waals surface area contributed by atoms with Gasteiger partial charge < -0.3 is 13.9 Å². The molecule has 0 aliphatic rings. The summed E-state index contributed by atoms with van der Waals surface area (Å²) >= 11 is 0. The van der Waals surface area contributed by atoms with Gasteiger partial charge in [0.1, 0.15) is 0 Å². The van der Waals surface area contributed by atoms with E-state index in [2.05, 4.69) is 18.7 Å². The van der Waals surface area contributed by atoms with Gasteiger partial charge in [-0.15, -0.1) is 0 Å². The summed E-state index contributed by atoms with van der Waals surface area (Å²) in [5.41, 5.74) is 0. The minimum Gasteiger partial charge on any atom is -0.328 e. The fourth-order valence-corrected chi connectivity index (χ4v) is 1.23. The molecule has 0 heterocycles. The molecule has 0 aromatic rings. The molecule has 0 fully saturated rings. The summed E-state index contributed by atoms with van der Waals surface area (Å²) in [6.07, 6.45) is 4.13. The molecule has 0 aliphatic carbocycles. The molecule has 0 aliphatic heterocycles. The maximum absolute atomic E-state index is 6.71. The highest BCUT2D eigenvalue weighted by molar-refractivity contribution is 7.40. The zero-order valence-corrected chi connectivity index (χ0v) is 8.81. The molecule has 4 heteroatoms. The van der Waals surface area contributed by atoms with Gasteiger partial charge in [0.25, 0.3) is 0 Å². The van der Waals surface area contributed by atoms with E-state index in [9.17, 15) is 0 Å². The van der Waals surface area contributed by atoms with Gasteiger partial charge >= 0.3 is 8.60 Å². The van der Waals surface area contributed by atoms with E-state index in [1.807, 2.05) is 0 Å². The lowest BCUT2D eigenvalue weighted by Crippen LogP contribution is -1.94. The van der Waals surface area contributed by atoms with Gasteiger partial charge in [0.2, 0.25) is 1.43 Å². The third kappa shape index (κ3) is 8.41. The first-order valence-corrected chi connectivity index (χ1v) is 5.63. The number of hydrogen-bond acceptors (Lipinski definition) is 3. The second kappa shape index (κ2) is 9.40. The Hall–Kier alpha value is 0.310. The van der Waals surface area contributed by atoms with E-state index in [-0.39, 0.29) is 0 Å². The van der Waals surface area contributed by atoms with Crippen LogP contribution in [-0.2, 0) is 9.05 Å². The molecule has 0 saturated heterocycles. The van der Waals surface area contributed by atoms with Gasteiger partial charge in [-0.2, -0.15) is 0 Å². The smallest absolute Gasteiger partial charge is 0.328 e. The Balaban J connectivity index is 3.28. The standard InChI is InChI=1S/C8H19O3P/c1-3-5-7-10-12(9)11-8-6-4-2/h9H,3-8H2,1-2H3/i9T. The molecule has 12 heavy (non-hydrogen) atoms. The zero-order chi connectivity index (χ0) is 9.94. The summed E-state index contributed by atoms with van der Waals surface area (Å²) in [4.78, 5) is 4.31. The van der Waals surface area contributed by atoms with E-state index < -0.39 is 8.60 Å². The van der Waals surface area contributed by atoms with E-state index >= 15 is 0 Å². The Labute approximate surface area is 77.6 Å². The third-order valence-electron chi connectivity index (χ3n) is 1.39.